The Morgan fingerprint density at radius 3 is 1.00 bits per heavy atom. The van der Waals surface area contributed by atoms with Crippen molar-refractivity contribution in [3.8, 4) is 0 Å². The maximum atomic E-state index is 3.63. The Hall–Kier alpha value is -1.30. The maximum absolute atomic E-state index is 3.63. The van der Waals surface area contributed by atoms with Crippen LogP contribution >= 0.6 is 0 Å². The van der Waals surface area contributed by atoms with Crippen molar-refractivity contribution in [3.63, 3.8) is 0 Å². The number of allylic oxidation sites excluding steroid dienone is 5. The first-order valence-electron chi connectivity index (χ1n) is 9.13. The molecule has 144 valence electrons. The second-order valence-corrected chi connectivity index (χ2v) is 6.61. The summed E-state index contributed by atoms with van der Waals surface area (Å²) in [7, 11) is 0. The van der Waals surface area contributed by atoms with Crippen molar-refractivity contribution in [3.05, 3.63) is 63.3 Å². The third-order valence-corrected chi connectivity index (χ3v) is 2.07. The molecular formula is C24H48. The summed E-state index contributed by atoms with van der Waals surface area (Å²) in [4.78, 5) is 0. The van der Waals surface area contributed by atoms with Crippen molar-refractivity contribution < 1.29 is 0 Å². The van der Waals surface area contributed by atoms with Gasteiger partial charge in [-0.05, 0) is 31.1 Å². The Balaban J connectivity index is -0.0000000636. The third-order valence-electron chi connectivity index (χ3n) is 2.07. The van der Waals surface area contributed by atoms with E-state index < -0.39 is 0 Å². The van der Waals surface area contributed by atoms with E-state index in [0.717, 1.165) is 12.8 Å². The molecule has 0 saturated heterocycles. The molecule has 0 spiro atoms. The quantitative estimate of drug-likeness (QED) is 0.439. The van der Waals surface area contributed by atoms with E-state index in [0.29, 0.717) is 11.3 Å². The molecule has 0 nitrogen and oxygen atoms in total. The molecule has 0 radical (unpaired) electrons. The highest BCUT2D eigenvalue weighted by molar-refractivity contribution is 4.82. The zero-order valence-electron chi connectivity index (χ0n) is 18.3. The zero-order chi connectivity index (χ0) is 20.4. The Kier molecular flexibility index (Phi) is 47.4. The van der Waals surface area contributed by atoms with Gasteiger partial charge in [0.2, 0.25) is 0 Å². The summed E-state index contributed by atoms with van der Waals surface area (Å²) in [6.45, 7) is 34.4. The molecule has 0 aliphatic carbocycles. The lowest BCUT2D eigenvalue weighted by Crippen LogP contribution is -1.96. The molecule has 0 aliphatic heterocycles. The highest BCUT2D eigenvalue weighted by Gasteiger charge is 1.99. The number of rotatable bonds is 5. The van der Waals surface area contributed by atoms with Crippen molar-refractivity contribution in [1.29, 1.82) is 0 Å². The van der Waals surface area contributed by atoms with Crippen LogP contribution in [0.2, 0.25) is 0 Å². The van der Waals surface area contributed by atoms with Crippen molar-refractivity contribution in [2.24, 2.45) is 11.3 Å². The van der Waals surface area contributed by atoms with Crippen molar-refractivity contribution >= 4 is 0 Å². The minimum absolute atomic E-state index is 0.306. The smallest absolute Gasteiger partial charge is 0.0206 e. The Labute approximate surface area is 156 Å². The Morgan fingerprint density at radius 1 is 0.792 bits per heavy atom. The topological polar surface area (TPSA) is 0 Å². The lowest BCUT2D eigenvalue weighted by atomic mass is 9.98. The molecule has 0 unspecified atom stereocenters. The summed E-state index contributed by atoms with van der Waals surface area (Å²) >= 11 is 0. The molecule has 0 heterocycles. The number of unbranched alkanes of at least 4 members (excludes halogenated alkanes) is 2. The van der Waals surface area contributed by atoms with Gasteiger partial charge in [-0.25, -0.2) is 0 Å². The average Bonchev–Trinajstić information content (AvgIpc) is 2.51. The molecule has 0 amide bonds. The van der Waals surface area contributed by atoms with Crippen LogP contribution in [0.15, 0.2) is 63.3 Å². The fourth-order valence-corrected chi connectivity index (χ4v) is 0.408. The molecule has 0 aromatic rings. The zero-order valence-corrected chi connectivity index (χ0v) is 18.3. The third kappa shape index (κ3) is 135. The molecule has 24 heavy (non-hydrogen) atoms. The minimum atomic E-state index is 0.306. The average molecular weight is 337 g/mol. The molecule has 0 aromatic heterocycles. The SMILES string of the molecule is C=CC.C=CC(C)(C)C.C=CC(C)C.C=CCCC.C=CCCC. The van der Waals surface area contributed by atoms with Gasteiger partial charge in [0, 0.05) is 0 Å². The highest BCUT2D eigenvalue weighted by atomic mass is 14.0. The van der Waals surface area contributed by atoms with Gasteiger partial charge in [0.1, 0.15) is 0 Å². The Morgan fingerprint density at radius 2 is 1.00 bits per heavy atom. The first-order valence-corrected chi connectivity index (χ1v) is 9.13. The van der Waals surface area contributed by atoms with Crippen LogP contribution in [0.3, 0.4) is 0 Å². The molecule has 0 rings (SSSR count). The summed E-state index contributed by atoms with van der Waals surface area (Å²) in [5.74, 6) is 0.648. The summed E-state index contributed by atoms with van der Waals surface area (Å²) in [6.07, 6.45) is 14.2. The second kappa shape index (κ2) is 33.3. The normalized spacial score (nSPS) is 8.21. The van der Waals surface area contributed by atoms with Gasteiger partial charge in [-0.15, -0.1) is 32.9 Å². The standard InChI is InChI=1S/C6H12.3C5H10.C3H6/c1-5-6(2,3)4;1-4-5(2)3;2*1-3-5-4-2;1-3-2/h5H,1H2,2-4H3;4-5H,1H2,2-3H3;2*3H,1,4-5H2,2H3;3H,1H2,2H3. The summed E-state index contributed by atoms with van der Waals surface area (Å²) in [5.41, 5.74) is 0.306. The predicted octanol–water partition coefficient (Wildman–Crippen LogP) is 9.18. The molecule has 0 N–H and O–H groups in total. The first kappa shape index (κ1) is 34.1. The van der Waals surface area contributed by atoms with Gasteiger partial charge in [-0.2, -0.15) is 0 Å². The first-order chi connectivity index (χ1) is 11.1. The fraction of sp³-hybridized carbons (Fsp3) is 0.583. The van der Waals surface area contributed by atoms with E-state index in [1.165, 1.54) is 12.8 Å². The largest absolute Gasteiger partial charge is 0.103 e. The van der Waals surface area contributed by atoms with Gasteiger partial charge >= 0.3 is 0 Å². The van der Waals surface area contributed by atoms with Gasteiger partial charge < -0.3 is 0 Å². The van der Waals surface area contributed by atoms with Gasteiger partial charge in [0.25, 0.3) is 0 Å². The van der Waals surface area contributed by atoms with E-state index in [4.69, 9.17) is 0 Å². The lowest BCUT2D eigenvalue weighted by molar-refractivity contribution is 0.546. The number of hydrogen-bond acceptors (Lipinski definition) is 0. The van der Waals surface area contributed by atoms with Crippen molar-refractivity contribution in [1.82, 2.24) is 0 Å². The minimum Gasteiger partial charge on any atom is -0.103 e. The van der Waals surface area contributed by atoms with Crippen LogP contribution in [0.5, 0.6) is 0 Å². The van der Waals surface area contributed by atoms with Crippen LogP contribution in [0.1, 0.15) is 81.1 Å². The van der Waals surface area contributed by atoms with E-state index in [1.54, 1.807) is 6.08 Å². The van der Waals surface area contributed by atoms with Crippen LogP contribution in [0.25, 0.3) is 0 Å². The Bertz CT molecular complexity index is 238. The maximum Gasteiger partial charge on any atom is -0.0206 e. The fourth-order valence-electron chi connectivity index (χ4n) is 0.408. The van der Waals surface area contributed by atoms with Gasteiger partial charge in [-0.3, -0.25) is 0 Å². The highest BCUT2D eigenvalue weighted by Crippen LogP contribution is 2.11. The monoisotopic (exact) mass is 336 g/mol. The molecule has 0 aliphatic rings. The van der Waals surface area contributed by atoms with Crippen LogP contribution in [0.4, 0.5) is 0 Å². The summed E-state index contributed by atoms with van der Waals surface area (Å²) in [6, 6.07) is 0. The van der Waals surface area contributed by atoms with Gasteiger partial charge in [0.15, 0.2) is 0 Å². The second-order valence-electron chi connectivity index (χ2n) is 6.61. The molecule has 0 saturated carbocycles. The molecular weight excluding hydrogens is 288 g/mol. The molecule has 0 atom stereocenters. The van der Waals surface area contributed by atoms with Crippen LogP contribution in [-0.4, -0.2) is 0 Å². The van der Waals surface area contributed by atoms with Crippen LogP contribution in [-0.2, 0) is 0 Å². The number of hydrogen-bond donors (Lipinski definition) is 0. The molecule has 0 aromatic carbocycles. The molecule has 0 bridgehead atoms. The molecule has 0 heteroatoms. The summed E-state index contributed by atoms with van der Waals surface area (Å²) < 4.78 is 0. The van der Waals surface area contributed by atoms with Gasteiger partial charge in [-0.1, -0.05) is 91.7 Å². The van der Waals surface area contributed by atoms with E-state index in [2.05, 4.69) is 81.4 Å². The van der Waals surface area contributed by atoms with Crippen molar-refractivity contribution in [2.45, 2.75) is 81.1 Å². The predicted molar refractivity (Wildman–Crippen MR) is 121 cm³/mol. The molecule has 0 fully saturated rings. The lowest BCUT2D eigenvalue weighted by Gasteiger charge is -2.08. The van der Waals surface area contributed by atoms with Crippen molar-refractivity contribution in [2.75, 3.05) is 0 Å². The van der Waals surface area contributed by atoms with Crippen LogP contribution in [0, 0.1) is 11.3 Å². The van der Waals surface area contributed by atoms with E-state index in [1.807, 2.05) is 31.2 Å². The van der Waals surface area contributed by atoms with Crippen LogP contribution < -0.4 is 0 Å². The van der Waals surface area contributed by atoms with Gasteiger partial charge in [0.05, 0.1) is 0 Å². The van der Waals surface area contributed by atoms with E-state index >= 15 is 0 Å². The van der Waals surface area contributed by atoms with E-state index in [-0.39, 0.29) is 0 Å². The van der Waals surface area contributed by atoms with E-state index in [9.17, 15) is 0 Å². The summed E-state index contributed by atoms with van der Waals surface area (Å²) in [5, 5.41) is 0.